The molecular weight excluding hydrogens is 483 g/mol. The highest BCUT2D eigenvalue weighted by atomic mass is 19.1. The van der Waals surface area contributed by atoms with Gasteiger partial charge in [0.05, 0.1) is 11.9 Å². The number of hydrogen-bond acceptors (Lipinski definition) is 4. The molecule has 0 radical (unpaired) electrons. The maximum atomic E-state index is 14.9. The molecule has 0 spiro atoms. The molecule has 4 rings (SSSR count). The van der Waals surface area contributed by atoms with Crippen LogP contribution in [0.1, 0.15) is 55.1 Å². The number of pyridine rings is 2. The molecule has 0 unspecified atom stereocenters. The topological polar surface area (TPSA) is 68.7 Å². The Bertz CT molecular complexity index is 1510. The highest BCUT2D eigenvalue weighted by molar-refractivity contribution is 6.02. The van der Waals surface area contributed by atoms with Gasteiger partial charge in [-0.05, 0) is 58.0 Å². The SMILES string of the molecule is C/C=C\C(=C/C)c1c(C)ccc(C(=O)Nc2ccc(Oc3ccc4nc(C)cn4c3)c(F)c2)[n+]1OC.CC. The lowest BCUT2D eigenvalue weighted by Gasteiger charge is -2.11. The zero-order valence-electron chi connectivity index (χ0n) is 22.9. The van der Waals surface area contributed by atoms with Gasteiger partial charge in [-0.3, -0.25) is 9.63 Å². The first-order valence-electron chi connectivity index (χ1n) is 12.5. The molecule has 0 aliphatic carbocycles. The quantitative estimate of drug-likeness (QED) is 0.225. The molecule has 8 heteroatoms. The molecule has 1 aromatic carbocycles. The first-order chi connectivity index (χ1) is 18.3. The smallest absolute Gasteiger partial charge is 0.325 e. The molecule has 0 aliphatic heterocycles. The summed E-state index contributed by atoms with van der Waals surface area (Å²) >= 11 is 0. The molecule has 0 aliphatic rings. The van der Waals surface area contributed by atoms with Gasteiger partial charge >= 0.3 is 11.6 Å². The number of imidazole rings is 1. The lowest BCUT2D eigenvalue weighted by molar-refractivity contribution is -0.888. The van der Waals surface area contributed by atoms with E-state index in [0.29, 0.717) is 5.75 Å². The summed E-state index contributed by atoms with van der Waals surface area (Å²) in [5.74, 6) is -0.547. The molecular formula is C30H34FN4O3+. The van der Waals surface area contributed by atoms with Crippen LogP contribution in [0, 0.1) is 19.7 Å². The van der Waals surface area contributed by atoms with Gasteiger partial charge in [-0.25, -0.2) is 9.37 Å². The van der Waals surface area contributed by atoms with Gasteiger partial charge in [0.1, 0.15) is 18.5 Å². The molecule has 0 atom stereocenters. The maximum absolute atomic E-state index is 14.9. The average Bonchev–Trinajstić information content (AvgIpc) is 3.29. The number of allylic oxidation sites excluding steroid dienone is 4. The molecule has 1 amide bonds. The Kier molecular flexibility index (Phi) is 9.38. The van der Waals surface area contributed by atoms with Crippen LogP contribution in [-0.2, 0) is 0 Å². The fourth-order valence-electron chi connectivity index (χ4n) is 3.97. The Morgan fingerprint density at radius 3 is 2.50 bits per heavy atom. The van der Waals surface area contributed by atoms with Gasteiger partial charge in [0.15, 0.2) is 11.6 Å². The number of hydrogen-bond donors (Lipinski definition) is 1. The summed E-state index contributed by atoms with van der Waals surface area (Å²) in [7, 11) is 1.50. The summed E-state index contributed by atoms with van der Waals surface area (Å²) in [6.45, 7) is 11.7. The molecule has 4 aromatic rings. The normalized spacial score (nSPS) is 11.3. The van der Waals surface area contributed by atoms with Gasteiger partial charge < -0.3 is 14.5 Å². The number of nitrogens with one attached hydrogen (secondary N) is 1. The largest absolute Gasteiger partial charge is 0.453 e. The summed E-state index contributed by atoms with van der Waals surface area (Å²) in [6.07, 6.45) is 9.40. The van der Waals surface area contributed by atoms with Gasteiger partial charge in [-0.2, -0.15) is 0 Å². The second-order valence-corrected chi connectivity index (χ2v) is 8.19. The van der Waals surface area contributed by atoms with Gasteiger partial charge in [-0.15, -0.1) is 0 Å². The van der Waals surface area contributed by atoms with Gasteiger partial charge in [-0.1, -0.05) is 32.1 Å². The van der Waals surface area contributed by atoms with Crippen molar-refractivity contribution in [1.29, 1.82) is 0 Å². The van der Waals surface area contributed by atoms with Crippen LogP contribution < -0.4 is 19.6 Å². The second-order valence-electron chi connectivity index (χ2n) is 8.19. The number of carbonyl (C=O) groups is 1. The van der Waals surface area contributed by atoms with E-state index in [1.54, 1.807) is 30.5 Å². The van der Waals surface area contributed by atoms with Crippen molar-refractivity contribution in [2.24, 2.45) is 0 Å². The Morgan fingerprint density at radius 1 is 1.08 bits per heavy atom. The summed E-state index contributed by atoms with van der Waals surface area (Å²) in [5.41, 5.74) is 4.81. The summed E-state index contributed by atoms with van der Waals surface area (Å²) in [5, 5.41) is 2.74. The number of carbonyl (C=O) groups excluding carboxylic acids is 1. The zero-order chi connectivity index (χ0) is 27.8. The predicted octanol–water partition coefficient (Wildman–Crippen LogP) is 6.49. The molecule has 0 saturated heterocycles. The fourth-order valence-corrected chi connectivity index (χ4v) is 3.97. The van der Waals surface area contributed by atoms with Crippen LogP contribution in [0.15, 0.2) is 73.1 Å². The Hall–Kier alpha value is -4.46. The van der Waals surface area contributed by atoms with Gasteiger partial charge in [0.25, 0.3) is 5.69 Å². The van der Waals surface area contributed by atoms with Gasteiger partial charge in [0.2, 0.25) is 0 Å². The number of rotatable bonds is 7. The van der Waals surface area contributed by atoms with Gasteiger partial charge in [0, 0.05) is 39.9 Å². The van der Waals surface area contributed by atoms with Crippen LogP contribution in [-0.4, -0.2) is 22.4 Å². The third kappa shape index (κ3) is 6.08. The van der Waals surface area contributed by atoms with Crippen molar-refractivity contribution in [3.8, 4) is 11.5 Å². The van der Waals surface area contributed by atoms with Crippen molar-refractivity contribution in [1.82, 2.24) is 9.38 Å². The predicted molar refractivity (Wildman–Crippen MR) is 148 cm³/mol. The lowest BCUT2D eigenvalue weighted by atomic mass is 10.1. The van der Waals surface area contributed by atoms with E-state index < -0.39 is 11.7 Å². The number of nitrogens with zero attached hydrogens (tertiary/aromatic N) is 3. The number of benzene rings is 1. The van der Waals surface area contributed by atoms with E-state index >= 15 is 0 Å². The van der Waals surface area contributed by atoms with Crippen molar-refractivity contribution in [2.75, 3.05) is 12.4 Å². The van der Waals surface area contributed by atoms with Crippen molar-refractivity contribution in [3.63, 3.8) is 0 Å². The Labute approximate surface area is 222 Å². The van der Waals surface area contributed by atoms with Crippen molar-refractivity contribution in [2.45, 2.75) is 41.5 Å². The van der Waals surface area contributed by atoms with Crippen molar-refractivity contribution < 1.29 is 23.5 Å². The van der Waals surface area contributed by atoms with Crippen molar-refractivity contribution >= 4 is 22.8 Å². The number of aryl methyl sites for hydroxylation is 2. The summed E-state index contributed by atoms with van der Waals surface area (Å²) < 4.78 is 23.9. The molecule has 3 heterocycles. The van der Waals surface area contributed by atoms with Crippen molar-refractivity contribution in [3.05, 3.63) is 102 Å². The van der Waals surface area contributed by atoms with E-state index in [1.165, 1.54) is 24.0 Å². The van der Waals surface area contributed by atoms with E-state index in [1.807, 2.05) is 76.4 Å². The number of anilines is 1. The van der Waals surface area contributed by atoms with E-state index in [0.717, 1.165) is 28.2 Å². The van der Waals surface area contributed by atoms with Crippen LogP contribution >= 0.6 is 0 Å². The highest BCUT2D eigenvalue weighted by Gasteiger charge is 2.28. The first-order valence-corrected chi connectivity index (χ1v) is 12.5. The van der Waals surface area contributed by atoms with E-state index in [9.17, 15) is 9.18 Å². The highest BCUT2D eigenvalue weighted by Crippen LogP contribution is 2.27. The van der Waals surface area contributed by atoms with Crippen LogP contribution in [0.4, 0.5) is 10.1 Å². The van der Waals surface area contributed by atoms with E-state index in [-0.39, 0.29) is 17.1 Å². The summed E-state index contributed by atoms with van der Waals surface area (Å²) in [6, 6.07) is 11.3. The van der Waals surface area contributed by atoms with Crippen LogP contribution in [0.5, 0.6) is 11.5 Å². The average molecular weight is 518 g/mol. The molecule has 7 nitrogen and oxygen atoms in total. The third-order valence-corrected chi connectivity index (χ3v) is 5.59. The Morgan fingerprint density at radius 2 is 1.84 bits per heavy atom. The minimum Gasteiger partial charge on any atom is -0.453 e. The zero-order valence-corrected chi connectivity index (χ0v) is 22.9. The molecule has 0 fully saturated rings. The van der Waals surface area contributed by atoms with Crippen LogP contribution in [0.3, 0.4) is 0 Å². The minimum absolute atomic E-state index is 0.0397. The third-order valence-electron chi connectivity index (χ3n) is 5.59. The first kappa shape index (κ1) is 28.1. The number of amides is 1. The van der Waals surface area contributed by atoms with E-state index in [4.69, 9.17) is 9.57 Å². The molecule has 38 heavy (non-hydrogen) atoms. The van der Waals surface area contributed by atoms with E-state index in [2.05, 4.69) is 10.3 Å². The molecule has 0 saturated carbocycles. The molecule has 198 valence electrons. The number of ether oxygens (including phenoxy) is 1. The number of fused-ring (bicyclic) bond motifs is 1. The number of halogens is 1. The van der Waals surface area contributed by atoms with Crippen LogP contribution in [0.25, 0.3) is 11.2 Å². The minimum atomic E-state index is -0.608. The Balaban J connectivity index is 0.00000195. The fraction of sp³-hybridized carbons (Fsp3) is 0.233. The molecule has 0 bridgehead atoms. The summed E-state index contributed by atoms with van der Waals surface area (Å²) in [4.78, 5) is 23.1. The monoisotopic (exact) mass is 517 g/mol. The van der Waals surface area contributed by atoms with Crippen LogP contribution in [0.2, 0.25) is 0 Å². The number of aromatic nitrogens is 3. The second kappa shape index (κ2) is 12.7. The molecule has 3 aromatic heterocycles. The molecule has 1 N–H and O–H groups in total. The maximum Gasteiger partial charge on any atom is 0.325 e. The standard InChI is InChI=1S/C28H27FN4O3.C2H6/c1-6-8-20(7-2)27-18(3)9-12-24(33(27)35-5)28(34)31-21-10-13-25(23(29)15-21)36-22-11-14-26-30-19(4)16-32(26)17-22;1-2/h6-17H,1-5H3;1-2H3/p+1/b8-6-,20-7+;. The lowest BCUT2D eigenvalue weighted by Crippen LogP contribution is -2.51.